The van der Waals surface area contributed by atoms with Gasteiger partial charge < -0.3 is 19.7 Å². The molecule has 0 aromatic heterocycles. The first-order valence-electron chi connectivity index (χ1n) is 9.09. The molecule has 0 radical (unpaired) electrons. The fraction of sp³-hybridized carbons (Fsp3) is 0.190. The summed E-state index contributed by atoms with van der Waals surface area (Å²) in [4.78, 5) is 47.9. The van der Waals surface area contributed by atoms with Crippen molar-refractivity contribution in [3.63, 3.8) is 0 Å². The third-order valence-electron chi connectivity index (χ3n) is 4.16. The van der Waals surface area contributed by atoms with E-state index in [1.807, 2.05) is 0 Å². The Labute approximate surface area is 182 Å². The standard InChI is InChI=1S/C21H20FN3O7/c1-12(9-13(2)26)23-16-10-15(22)17(25(29)30)11-18(16)24-8-6-5-7-14(20(27)31-3)19(24)21(28)32-4/h5-11,23H,1-4H3. The Morgan fingerprint density at radius 3 is 2.34 bits per heavy atom. The van der Waals surface area contributed by atoms with Gasteiger partial charge in [-0.15, -0.1) is 0 Å². The number of carbonyl (C=O) groups excluding carboxylic acids is 3. The van der Waals surface area contributed by atoms with Gasteiger partial charge in [0.1, 0.15) is 5.70 Å². The largest absolute Gasteiger partial charge is 0.465 e. The van der Waals surface area contributed by atoms with Gasteiger partial charge in [0.2, 0.25) is 5.82 Å². The molecule has 1 N–H and O–H groups in total. The Hall–Kier alpha value is -4.28. The topological polar surface area (TPSA) is 128 Å². The molecule has 11 heteroatoms. The molecule has 0 bridgehead atoms. The Morgan fingerprint density at radius 1 is 1.12 bits per heavy atom. The number of ether oxygens (including phenoxy) is 2. The summed E-state index contributed by atoms with van der Waals surface area (Å²) in [5.41, 5.74) is -1.15. The number of esters is 2. The number of nitro benzene ring substituents is 1. The molecule has 1 aliphatic rings. The van der Waals surface area contributed by atoms with Crippen LogP contribution in [-0.2, 0) is 23.9 Å². The van der Waals surface area contributed by atoms with Crippen LogP contribution in [0.25, 0.3) is 0 Å². The second-order valence-corrected chi connectivity index (χ2v) is 6.46. The Kier molecular flexibility index (Phi) is 7.61. The van der Waals surface area contributed by atoms with E-state index >= 15 is 0 Å². The molecule has 0 unspecified atom stereocenters. The molecule has 10 nitrogen and oxygen atoms in total. The first kappa shape index (κ1) is 24.0. The molecule has 0 spiro atoms. The van der Waals surface area contributed by atoms with Crippen LogP contribution in [0.2, 0.25) is 0 Å². The van der Waals surface area contributed by atoms with Crippen LogP contribution in [-0.4, -0.2) is 36.9 Å². The number of ketones is 1. The van der Waals surface area contributed by atoms with E-state index in [1.54, 1.807) is 0 Å². The van der Waals surface area contributed by atoms with Gasteiger partial charge in [-0.25, -0.2) is 9.59 Å². The summed E-state index contributed by atoms with van der Waals surface area (Å²) < 4.78 is 24.0. The second-order valence-electron chi connectivity index (χ2n) is 6.46. The zero-order valence-corrected chi connectivity index (χ0v) is 17.7. The highest BCUT2D eigenvalue weighted by atomic mass is 19.1. The summed E-state index contributed by atoms with van der Waals surface area (Å²) in [5.74, 6) is -3.25. The molecule has 2 rings (SSSR count). The Bertz CT molecular complexity index is 1100. The summed E-state index contributed by atoms with van der Waals surface area (Å²) in [6.07, 6.45) is 6.78. The molecule has 168 valence electrons. The number of benzene rings is 1. The van der Waals surface area contributed by atoms with Crippen LogP contribution < -0.4 is 10.2 Å². The summed E-state index contributed by atoms with van der Waals surface area (Å²) >= 11 is 0. The maximum absolute atomic E-state index is 14.4. The fourth-order valence-electron chi connectivity index (χ4n) is 2.89. The highest BCUT2D eigenvalue weighted by molar-refractivity contribution is 6.06. The molecule has 1 aliphatic heterocycles. The van der Waals surface area contributed by atoms with Crippen molar-refractivity contribution in [2.45, 2.75) is 13.8 Å². The van der Waals surface area contributed by atoms with Crippen molar-refractivity contribution in [1.29, 1.82) is 0 Å². The van der Waals surface area contributed by atoms with Gasteiger partial charge >= 0.3 is 17.6 Å². The van der Waals surface area contributed by atoms with E-state index in [2.05, 4.69) is 5.32 Å². The molecular weight excluding hydrogens is 425 g/mol. The highest BCUT2D eigenvalue weighted by Gasteiger charge is 2.31. The number of anilines is 2. The number of nitro groups is 1. The fourth-order valence-corrected chi connectivity index (χ4v) is 2.89. The molecule has 0 aliphatic carbocycles. The second kappa shape index (κ2) is 10.2. The predicted molar refractivity (Wildman–Crippen MR) is 113 cm³/mol. The van der Waals surface area contributed by atoms with E-state index in [-0.39, 0.29) is 28.4 Å². The van der Waals surface area contributed by atoms with Gasteiger partial charge in [0.25, 0.3) is 0 Å². The molecule has 32 heavy (non-hydrogen) atoms. The van der Waals surface area contributed by atoms with Crippen molar-refractivity contribution in [1.82, 2.24) is 0 Å². The number of halogens is 1. The monoisotopic (exact) mass is 445 g/mol. The van der Waals surface area contributed by atoms with Crippen molar-refractivity contribution in [3.8, 4) is 0 Å². The van der Waals surface area contributed by atoms with E-state index in [9.17, 15) is 28.9 Å². The van der Waals surface area contributed by atoms with E-state index in [1.165, 1.54) is 44.4 Å². The van der Waals surface area contributed by atoms with Crippen LogP contribution in [0.15, 0.2) is 59.6 Å². The summed E-state index contributed by atoms with van der Waals surface area (Å²) in [6.45, 7) is 2.84. The van der Waals surface area contributed by atoms with Crippen molar-refractivity contribution >= 4 is 34.8 Å². The van der Waals surface area contributed by atoms with Crippen molar-refractivity contribution in [2.75, 3.05) is 24.4 Å². The number of carbonyl (C=O) groups is 3. The molecule has 1 aromatic rings. The predicted octanol–water partition coefficient (Wildman–Crippen LogP) is 3.13. The van der Waals surface area contributed by atoms with Crippen LogP contribution in [0.3, 0.4) is 0 Å². The van der Waals surface area contributed by atoms with Gasteiger partial charge in [-0.05, 0) is 32.1 Å². The van der Waals surface area contributed by atoms with Gasteiger partial charge in [0.05, 0.1) is 36.1 Å². The number of hydrogen-bond acceptors (Lipinski definition) is 9. The number of hydrogen-bond donors (Lipinski definition) is 1. The van der Waals surface area contributed by atoms with Crippen molar-refractivity contribution in [2.24, 2.45) is 0 Å². The summed E-state index contributed by atoms with van der Waals surface area (Å²) in [6, 6.07) is 1.75. The number of nitrogens with zero attached hydrogens (tertiary/aromatic N) is 2. The van der Waals surface area contributed by atoms with E-state index in [0.717, 1.165) is 31.3 Å². The lowest BCUT2D eigenvalue weighted by atomic mass is 10.1. The Morgan fingerprint density at radius 2 is 1.78 bits per heavy atom. The lowest BCUT2D eigenvalue weighted by Gasteiger charge is -2.25. The number of rotatable bonds is 7. The molecule has 0 saturated carbocycles. The van der Waals surface area contributed by atoms with Gasteiger partial charge in [-0.1, -0.05) is 6.08 Å². The molecule has 1 heterocycles. The number of methoxy groups -OCH3 is 2. The molecule has 0 saturated heterocycles. The minimum absolute atomic E-state index is 0.0136. The lowest BCUT2D eigenvalue weighted by molar-refractivity contribution is -0.387. The number of allylic oxidation sites excluding steroid dienone is 4. The lowest BCUT2D eigenvalue weighted by Crippen LogP contribution is -2.27. The van der Waals surface area contributed by atoms with Crippen molar-refractivity contribution in [3.05, 3.63) is 75.5 Å². The normalized spacial score (nSPS) is 13.5. The minimum atomic E-state index is -1.15. The van der Waals surface area contributed by atoms with Crippen molar-refractivity contribution < 1.29 is 33.2 Å². The zero-order valence-electron chi connectivity index (χ0n) is 17.7. The van der Waals surface area contributed by atoms with Gasteiger partial charge in [0, 0.05) is 24.0 Å². The molecule has 0 fully saturated rings. The maximum atomic E-state index is 14.4. The molecule has 1 aromatic carbocycles. The van der Waals surface area contributed by atoms with Gasteiger partial charge in [-0.3, -0.25) is 14.9 Å². The van der Waals surface area contributed by atoms with Gasteiger partial charge in [0.15, 0.2) is 5.78 Å². The Balaban J connectivity index is 2.85. The van der Waals surface area contributed by atoms with Crippen LogP contribution in [0.5, 0.6) is 0 Å². The SMILES string of the molecule is COC(=O)C1=C(C(=O)OC)N(c2cc([N+](=O)[O-])c(F)cc2NC(C)=CC(C)=O)C=CC=C1. The minimum Gasteiger partial charge on any atom is -0.465 e. The first-order chi connectivity index (χ1) is 15.1. The van der Waals surface area contributed by atoms with Crippen LogP contribution >= 0.6 is 0 Å². The molecule has 0 amide bonds. The molecule has 0 atom stereocenters. The van der Waals surface area contributed by atoms with Gasteiger partial charge in [-0.2, -0.15) is 4.39 Å². The first-order valence-corrected chi connectivity index (χ1v) is 9.09. The van der Waals surface area contributed by atoms with E-state index in [4.69, 9.17) is 9.47 Å². The number of nitrogens with one attached hydrogen (secondary N) is 1. The third-order valence-corrected chi connectivity index (χ3v) is 4.16. The smallest absolute Gasteiger partial charge is 0.355 e. The third kappa shape index (κ3) is 5.25. The van der Waals surface area contributed by atoms with E-state index in [0.29, 0.717) is 5.70 Å². The molecular formula is C21H20FN3O7. The van der Waals surface area contributed by atoms with Crippen LogP contribution in [0, 0.1) is 15.9 Å². The summed E-state index contributed by atoms with van der Waals surface area (Å²) in [7, 11) is 2.21. The summed E-state index contributed by atoms with van der Waals surface area (Å²) in [5, 5.41) is 14.1. The average Bonchev–Trinajstić information content (AvgIpc) is 2.94. The quantitative estimate of drug-likeness (QED) is 0.291. The highest BCUT2D eigenvalue weighted by Crippen LogP contribution is 2.37. The maximum Gasteiger partial charge on any atom is 0.355 e. The van der Waals surface area contributed by atoms with Crippen LogP contribution in [0.4, 0.5) is 21.5 Å². The van der Waals surface area contributed by atoms with E-state index < -0.39 is 28.4 Å². The zero-order chi connectivity index (χ0) is 24.0. The average molecular weight is 445 g/mol. The van der Waals surface area contributed by atoms with Crippen LogP contribution in [0.1, 0.15) is 13.8 Å².